The number of benzene rings is 3. The van der Waals surface area contributed by atoms with Crippen LogP contribution in [-0.2, 0) is 20.0 Å². The highest BCUT2D eigenvalue weighted by atomic mass is 32.2. The summed E-state index contributed by atoms with van der Waals surface area (Å²) in [6.45, 7) is 4.66. The zero-order valence-electron chi connectivity index (χ0n) is 22.1. The summed E-state index contributed by atoms with van der Waals surface area (Å²) in [6, 6.07) is 10.1. The lowest BCUT2D eigenvalue weighted by atomic mass is 10.1. The summed E-state index contributed by atoms with van der Waals surface area (Å²) in [4.78, 5) is 24.2. The molecule has 2 N–H and O–H groups in total. The molecule has 0 atom stereocenters. The number of nitrogens with one attached hydrogen (secondary N) is 2. The van der Waals surface area contributed by atoms with Crippen molar-refractivity contribution in [2.45, 2.75) is 30.6 Å². The maximum atomic E-state index is 12.6. The maximum Gasteiger partial charge on any atom is 0.276 e. The number of rotatable bonds is 11. The van der Waals surface area contributed by atoms with Gasteiger partial charge in [-0.1, -0.05) is 12.1 Å². The number of hydrazone groups is 2. The van der Waals surface area contributed by atoms with E-state index in [1.807, 2.05) is 9.66 Å². The zero-order valence-corrected chi connectivity index (χ0v) is 23.7. The smallest absolute Gasteiger partial charge is 0.276 e. The number of ether oxygens (including phenoxy) is 1. The lowest BCUT2D eigenvalue weighted by Crippen LogP contribution is -2.19. The van der Waals surface area contributed by atoms with E-state index in [1.54, 1.807) is 19.1 Å². The fourth-order valence-electron chi connectivity index (χ4n) is 3.60. The highest BCUT2D eigenvalue weighted by Crippen LogP contribution is 2.25. The predicted molar refractivity (Wildman–Crippen MR) is 149 cm³/mol. The molecule has 0 spiro atoms. The Morgan fingerprint density at radius 1 is 0.732 bits per heavy atom. The highest BCUT2D eigenvalue weighted by molar-refractivity contribution is 7.89. The molecule has 17 heteroatoms. The van der Waals surface area contributed by atoms with E-state index in [2.05, 4.69) is 10.2 Å². The maximum absolute atomic E-state index is 12.6. The van der Waals surface area contributed by atoms with Crippen LogP contribution >= 0.6 is 0 Å². The Hall–Kier alpha value is -4.90. The lowest BCUT2D eigenvalue weighted by Gasteiger charge is -2.10. The van der Waals surface area contributed by atoms with Crippen molar-refractivity contribution in [2.75, 3.05) is 7.11 Å². The van der Waals surface area contributed by atoms with Gasteiger partial charge in [-0.3, -0.25) is 20.2 Å². The number of sulfonamides is 2. The lowest BCUT2D eigenvalue weighted by molar-refractivity contribution is -0.385. The molecular formula is C24H24N6O9S2. The van der Waals surface area contributed by atoms with E-state index in [1.165, 1.54) is 45.2 Å². The predicted octanol–water partition coefficient (Wildman–Crippen LogP) is 3.06. The minimum absolute atomic E-state index is 0.165. The summed E-state index contributed by atoms with van der Waals surface area (Å²) in [5.41, 5.74) is 1.10. The van der Waals surface area contributed by atoms with Crippen LogP contribution in [0.15, 0.2) is 68.5 Å². The van der Waals surface area contributed by atoms with Gasteiger partial charge in [-0.25, -0.2) is 9.66 Å². The third-order valence-corrected chi connectivity index (χ3v) is 8.06. The Labute approximate surface area is 235 Å². The van der Waals surface area contributed by atoms with Crippen LogP contribution in [0.4, 0.5) is 11.4 Å². The monoisotopic (exact) mass is 604 g/mol. The van der Waals surface area contributed by atoms with E-state index in [0.29, 0.717) is 27.8 Å². The second-order valence-electron chi connectivity index (χ2n) is 8.59. The van der Waals surface area contributed by atoms with Crippen molar-refractivity contribution < 1.29 is 31.4 Å². The second-order valence-corrected chi connectivity index (χ2v) is 11.9. The number of nitro benzene ring substituents is 2. The van der Waals surface area contributed by atoms with Gasteiger partial charge < -0.3 is 4.74 Å². The molecule has 0 radical (unpaired) electrons. The molecule has 0 aliphatic heterocycles. The number of aryl methyl sites for hydroxylation is 3. The molecule has 0 aromatic heterocycles. The van der Waals surface area contributed by atoms with E-state index in [0.717, 1.165) is 24.6 Å². The van der Waals surface area contributed by atoms with Crippen LogP contribution in [0.2, 0.25) is 0 Å². The van der Waals surface area contributed by atoms with Gasteiger partial charge in [0.1, 0.15) is 5.75 Å². The number of hydrogen-bond acceptors (Lipinski definition) is 11. The number of methoxy groups -OCH3 is 1. The molecule has 3 aromatic rings. The molecule has 0 aliphatic carbocycles. The van der Waals surface area contributed by atoms with Crippen molar-refractivity contribution in [1.82, 2.24) is 9.66 Å². The van der Waals surface area contributed by atoms with Crippen molar-refractivity contribution in [2.24, 2.45) is 10.2 Å². The normalized spacial score (nSPS) is 12.0. The molecule has 0 saturated heterocycles. The zero-order chi connectivity index (χ0) is 30.5. The first-order chi connectivity index (χ1) is 19.2. The molecule has 41 heavy (non-hydrogen) atoms. The van der Waals surface area contributed by atoms with E-state index in [-0.39, 0.29) is 26.9 Å². The molecule has 0 bridgehead atoms. The molecule has 3 rings (SSSR count). The van der Waals surface area contributed by atoms with E-state index in [9.17, 15) is 37.1 Å². The van der Waals surface area contributed by atoms with E-state index >= 15 is 0 Å². The van der Waals surface area contributed by atoms with Gasteiger partial charge in [0.15, 0.2) is 0 Å². The molecule has 3 aromatic carbocycles. The van der Waals surface area contributed by atoms with Crippen LogP contribution in [-0.4, -0.2) is 46.2 Å². The SMILES string of the molecule is COc1c(C=NNS(=O)(=O)c2ccc(C)c([N+](=O)[O-])c2)cc(C)cc1C=NNS(=O)(=O)c1ccc(C)c([N+](=O)[O-])c1. The van der Waals surface area contributed by atoms with Gasteiger partial charge >= 0.3 is 0 Å². The topological polar surface area (TPSA) is 213 Å². The molecule has 0 amide bonds. The van der Waals surface area contributed by atoms with Crippen molar-refractivity contribution in [1.29, 1.82) is 0 Å². The third kappa shape index (κ3) is 7.20. The highest BCUT2D eigenvalue weighted by Gasteiger charge is 2.21. The molecular weight excluding hydrogens is 580 g/mol. The van der Waals surface area contributed by atoms with Gasteiger partial charge in [-0.05, 0) is 50.6 Å². The van der Waals surface area contributed by atoms with Crippen LogP contribution in [0.25, 0.3) is 0 Å². The molecule has 0 unspecified atom stereocenters. The Kier molecular flexibility index (Phi) is 9.04. The molecule has 216 valence electrons. The molecule has 0 fully saturated rings. The van der Waals surface area contributed by atoms with E-state index < -0.39 is 29.9 Å². The van der Waals surface area contributed by atoms with Gasteiger partial charge in [-0.15, -0.1) is 0 Å². The van der Waals surface area contributed by atoms with Crippen LogP contribution in [0.5, 0.6) is 5.75 Å². The largest absolute Gasteiger partial charge is 0.495 e. The quantitative estimate of drug-likeness (QED) is 0.187. The summed E-state index contributed by atoms with van der Waals surface area (Å²) in [5.74, 6) is 0.165. The molecule has 0 heterocycles. The third-order valence-electron chi connectivity index (χ3n) is 5.62. The summed E-state index contributed by atoms with van der Waals surface area (Å²) >= 11 is 0. The van der Waals surface area contributed by atoms with Gasteiger partial charge in [0.25, 0.3) is 31.4 Å². The summed E-state index contributed by atoms with van der Waals surface area (Å²) in [6.07, 6.45) is 2.28. The Morgan fingerprint density at radius 3 is 1.46 bits per heavy atom. The molecule has 0 aliphatic rings. The number of nitrogens with zero attached hydrogens (tertiary/aromatic N) is 4. The first-order valence-electron chi connectivity index (χ1n) is 11.4. The van der Waals surface area contributed by atoms with Crippen molar-refractivity contribution in [3.63, 3.8) is 0 Å². The van der Waals surface area contributed by atoms with Gasteiger partial charge in [0.05, 0.1) is 39.2 Å². The Bertz CT molecular complexity index is 1680. The van der Waals surface area contributed by atoms with Gasteiger partial charge in [-0.2, -0.15) is 27.0 Å². The molecule has 15 nitrogen and oxygen atoms in total. The summed E-state index contributed by atoms with van der Waals surface area (Å²) in [5, 5.41) is 29.8. The fourth-order valence-corrected chi connectivity index (χ4v) is 5.22. The average molecular weight is 605 g/mol. The first kappa shape index (κ1) is 30.6. The second kappa shape index (κ2) is 12.1. The van der Waals surface area contributed by atoms with Crippen molar-refractivity contribution in [3.8, 4) is 5.75 Å². The van der Waals surface area contributed by atoms with Gasteiger partial charge in [0.2, 0.25) is 0 Å². The van der Waals surface area contributed by atoms with E-state index in [4.69, 9.17) is 4.74 Å². The average Bonchev–Trinajstić information content (AvgIpc) is 2.88. The van der Waals surface area contributed by atoms with Crippen molar-refractivity contribution in [3.05, 3.63) is 96.6 Å². The fraction of sp³-hybridized carbons (Fsp3) is 0.167. The number of hydrogen-bond donors (Lipinski definition) is 2. The minimum atomic E-state index is -4.25. The van der Waals surface area contributed by atoms with Crippen LogP contribution in [0.3, 0.4) is 0 Å². The van der Waals surface area contributed by atoms with Crippen LogP contribution < -0.4 is 14.4 Å². The summed E-state index contributed by atoms with van der Waals surface area (Å²) in [7, 11) is -7.18. The summed E-state index contributed by atoms with van der Waals surface area (Å²) < 4.78 is 55.9. The Balaban J connectivity index is 1.85. The minimum Gasteiger partial charge on any atom is -0.495 e. The molecule has 0 saturated carbocycles. The standard InChI is InChI=1S/C24H24N6O9S2/c1-15-9-18(13-25-27-40(35,36)20-7-5-16(2)22(11-20)29(31)32)24(39-4)19(10-15)14-26-28-41(37,38)21-8-6-17(3)23(12-21)30(33)34/h5-14,27-28H,1-4H3. The van der Waals surface area contributed by atoms with Crippen LogP contribution in [0.1, 0.15) is 27.8 Å². The van der Waals surface area contributed by atoms with Crippen LogP contribution in [0, 0.1) is 41.0 Å². The van der Waals surface area contributed by atoms with Gasteiger partial charge in [0, 0.05) is 34.4 Å². The Morgan fingerprint density at radius 2 is 1.12 bits per heavy atom. The van der Waals surface area contributed by atoms with Crippen molar-refractivity contribution >= 4 is 43.9 Å². The number of nitro groups is 2. The first-order valence-corrected chi connectivity index (χ1v) is 14.4.